The first-order chi connectivity index (χ1) is 9.60. The van der Waals surface area contributed by atoms with Crippen LogP contribution >= 0.6 is 15.9 Å². The number of hydrogen-bond acceptors (Lipinski definition) is 2. The molecular formula is C16H18BrFN2. The minimum absolute atomic E-state index is 0.0783. The lowest BCUT2D eigenvalue weighted by Gasteiger charge is -2.27. The molecule has 0 aromatic heterocycles. The second-order valence-electron chi connectivity index (χ2n) is 4.85. The Balaban J connectivity index is 2.13. The second kappa shape index (κ2) is 6.97. The van der Waals surface area contributed by atoms with Gasteiger partial charge in [-0.1, -0.05) is 40.2 Å². The zero-order valence-electron chi connectivity index (χ0n) is 11.4. The average Bonchev–Trinajstić information content (AvgIpc) is 2.42. The van der Waals surface area contributed by atoms with Crippen molar-refractivity contribution in [3.05, 3.63) is 69.9 Å². The third-order valence-corrected chi connectivity index (χ3v) is 3.82. The molecule has 0 heterocycles. The van der Waals surface area contributed by atoms with Gasteiger partial charge in [-0.3, -0.25) is 4.90 Å². The van der Waals surface area contributed by atoms with Crippen LogP contribution in [0.1, 0.15) is 17.2 Å². The van der Waals surface area contributed by atoms with Crippen LogP contribution in [-0.2, 0) is 6.54 Å². The number of benzene rings is 2. The van der Waals surface area contributed by atoms with Crippen LogP contribution in [0, 0.1) is 5.82 Å². The van der Waals surface area contributed by atoms with Crippen LogP contribution in [0.5, 0.6) is 0 Å². The Labute approximate surface area is 127 Å². The Kier molecular flexibility index (Phi) is 5.29. The van der Waals surface area contributed by atoms with Gasteiger partial charge in [0.2, 0.25) is 0 Å². The lowest BCUT2D eigenvalue weighted by atomic mass is 10.0. The van der Waals surface area contributed by atoms with Crippen LogP contribution < -0.4 is 5.73 Å². The number of halogens is 2. The first-order valence-corrected chi connectivity index (χ1v) is 7.29. The highest BCUT2D eigenvalue weighted by Gasteiger charge is 2.15. The van der Waals surface area contributed by atoms with E-state index in [1.54, 1.807) is 12.1 Å². The molecule has 0 bridgehead atoms. The van der Waals surface area contributed by atoms with Crippen molar-refractivity contribution in [2.75, 3.05) is 13.6 Å². The molecule has 2 N–H and O–H groups in total. The van der Waals surface area contributed by atoms with E-state index in [4.69, 9.17) is 5.73 Å². The quantitative estimate of drug-likeness (QED) is 0.901. The van der Waals surface area contributed by atoms with E-state index < -0.39 is 0 Å². The Bertz CT molecular complexity index is 557. The molecule has 0 amide bonds. The van der Waals surface area contributed by atoms with Gasteiger partial charge in [0.1, 0.15) is 5.82 Å². The smallest absolute Gasteiger partial charge is 0.123 e. The van der Waals surface area contributed by atoms with Gasteiger partial charge in [-0.15, -0.1) is 0 Å². The molecule has 20 heavy (non-hydrogen) atoms. The van der Waals surface area contributed by atoms with E-state index in [1.165, 1.54) is 17.7 Å². The molecule has 2 rings (SSSR count). The summed E-state index contributed by atoms with van der Waals surface area (Å²) < 4.78 is 14.1. The minimum atomic E-state index is -0.223. The Morgan fingerprint density at radius 3 is 2.50 bits per heavy atom. The molecule has 0 saturated carbocycles. The summed E-state index contributed by atoms with van der Waals surface area (Å²) >= 11 is 3.47. The van der Waals surface area contributed by atoms with Gasteiger partial charge < -0.3 is 5.73 Å². The van der Waals surface area contributed by atoms with Gasteiger partial charge in [-0.2, -0.15) is 0 Å². The van der Waals surface area contributed by atoms with Gasteiger partial charge in [0.25, 0.3) is 0 Å². The standard InChI is InChI=1S/C16H18BrFN2/c1-20(11-12-3-2-4-14(17)9-12)16(10-19)13-5-7-15(18)8-6-13/h2-9,16H,10-11,19H2,1H3. The molecule has 2 aromatic rings. The maximum atomic E-state index is 13.0. The van der Waals surface area contributed by atoms with Gasteiger partial charge in [-0.25, -0.2) is 4.39 Å². The van der Waals surface area contributed by atoms with Gasteiger partial charge in [0, 0.05) is 23.6 Å². The maximum Gasteiger partial charge on any atom is 0.123 e. The van der Waals surface area contributed by atoms with Crippen LogP contribution in [0.2, 0.25) is 0 Å². The van der Waals surface area contributed by atoms with Crippen molar-refractivity contribution in [3.63, 3.8) is 0 Å². The number of hydrogen-bond donors (Lipinski definition) is 1. The summed E-state index contributed by atoms with van der Waals surface area (Å²) in [5.74, 6) is -0.223. The summed E-state index contributed by atoms with van der Waals surface area (Å²) in [6.45, 7) is 1.29. The van der Waals surface area contributed by atoms with E-state index >= 15 is 0 Å². The van der Waals surface area contributed by atoms with E-state index in [0.29, 0.717) is 6.54 Å². The molecule has 2 aromatic carbocycles. The average molecular weight is 337 g/mol. The lowest BCUT2D eigenvalue weighted by molar-refractivity contribution is 0.241. The predicted molar refractivity (Wildman–Crippen MR) is 83.8 cm³/mol. The molecule has 2 nitrogen and oxygen atoms in total. The van der Waals surface area contributed by atoms with E-state index in [0.717, 1.165) is 16.6 Å². The van der Waals surface area contributed by atoms with E-state index in [-0.39, 0.29) is 11.9 Å². The molecule has 0 spiro atoms. The lowest BCUT2D eigenvalue weighted by Crippen LogP contribution is -2.30. The normalized spacial score (nSPS) is 12.7. The van der Waals surface area contributed by atoms with Gasteiger partial charge in [0.05, 0.1) is 0 Å². The molecular weight excluding hydrogens is 319 g/mol. The Morgan fingerprint density at radius 2 is 1.90 bits per heavy atom. The molecule has 4 heteroatoms. The summed E-state index contributed by atoms with van der Waals surface area (Å²) in [5, 5.41) is 0. The van der Waals surface area contributed by atoms with Crippen LogP contribution in [0.3, 0.4) is 0 Å². The summed E-state index contributed by atoms with van der Waals surface area (Å²) in [6, 6.07) is 14.8. The molecule has 0 fully saturated rings. The minimum Gasteiger partial charge on any atom is -0.329 e. The molecule has 0 aliphatic rings. The number of nitrogens with two attached hydrogens (primary N) is 1. The van der Waals surface area contributed by atoms with Crippen LogP contribution in [0.4, 0.5) is 4.39 Å². The van der Waals surface area contributed by atoms with E-state index in [9.17, 15) is 4.39 Å². The summed E-state index contributed by atoms with van der Waals surface area (Å²) in [4.78, 5) is 2.18. The number of nitrogens with zero attached hydrogens (tertiary/aromatic N) is 1. The highest BCUT2D eigenvalue weighted by Crippen LogP contribution is 2.21. The third-order valence-electron chi connectivity index (χ3n) is 3.33. The molecule has 106 valence electrons. The zero-order valence-corrected chi connectivity index (χ0v) is 13.0. The fourth-order valence-corrected chi connectivity index (χ4v) is 2.74. The topological polar surface area (TPSA) is 29.3 Å². The van der Waals surface area contributed by atoms with Crippen molar-refractivity contribution in [2.24, 2.45) is 5.73 Å². The van der Waals surface area contributed by atoms with Crippen molar-refractivity contribution in [1.29, 1.82) is 0 Å². The van der Waals surface area contributed by atoms with Gasteiger partial charge in [-0.05, 0) is 42.4 Å². The number of rotatable bonds is 5. The molecule has 1 atom stereocenters. The van der Waals surface area contributed by atoms with Crippen molar-refractivity contribution >= 4 is 15.9 Å². The maximum absolute atomic E-state index is 13.0. The second-order valence-corrected chi connectivity index (χ2v) is 5.76. The Morgan fingerprint density at radius 1 is 1.20 bits per heavy atom. The summed E-state index contributed by atoms with van der Waals surface area (Å²) in [5.41, 5.74) is 8.13. The van der Waals surface area contributed by atoms with Crippen molar-refractivity contribution in [2.45, 2.75) is 12.6 Å². The summed E-state index contributed by atoms with van der Waals surface area (Å²) in [7, 11) is 2.03. The predicted octanol–water partition coefficient (Wildman–Crippen LogP) is 3.72. The SMILES string of the molecule is CN(Cc1cccc(Br)c1)C(CN)c1ccc(F)cc1. The van der Waals surface area contributed by atoms with Gasteiger partial charge >= 0.3 is 0 Å². The zero-order chi connectivity index (χ0) is 14.5. The highest BCUT2D eigenvalue weighted by molar-refractivity contribution is 9.10. The molecule has 0 aliphatic heterocycles. The van der Waals surface area contributed by atoms with E-state index in [2.05, 4.69) is 33.0 Å². The monoisotopic (exact) mass is 336 g/mol. The Hall–Kier alpha value is -1.23. The van der Waals surface area contributed by atoms with Crippen molar-refractivity contribution < 1.29 is 4.39 Å². The van der Waals surface area contributed by atoms with Gasteiger partial charge in [0.15, 0.2) is 0 Å². The first kappa shape index (κ1) is 15.2. The van der Waals surface area contributed by atoms with Crippen molar-refractivity contribution in [3.8, 4) is 0 Å². The van der Waals surface area contributed by atoms with E-state index in [1.807, 2.05) is 19.2 Å². The molecule has 1 unspecified atom stereocenters. The molecule has 0 aliphatic carbocycles. The van der Waals surface area contributed by atoms with Crippen LogP contribution in [0.25, 0.3) is 0 Å². The first-order valence-electron chi connectivity index (χ1n) is 6.50. The molecule has 0 radical (unpaired) electrons. The fraction of sp³-hybridized carbons (Fsp3) is 0.250. The largest absolute Gasteiger partial charge is 0.329 e. The molecule has 0 saturated heterocycles. The van der Waals surface area contributed by atoms with Crippen LogP contribution in [0.15, 0.2) is 53.0 Å². The third kappa shape index (κ3) is 3.88. The fourth-order valence-electron chi connectivity index (χ4n) is 2.29. The summed E-state index contributed by atoms with van der Waals surface area (Å²) in [6.07, 6.45) is 0. The number of likely N-dealkylation sites (N-methyl/N-ethyl adjacent to an activating group) is 1. The highest BCUT2D eigenvalue weighted by atomic mass is 79.9. The van der Waals surface area contributed by atoms with Crippen molar-refractivity contribution in [1.82, 2.24) is 4.90 Å². The van der Waals surface area contributed by atoms with Crippen LogP contribution in [-0.4, -0.2) is 18.5 Å².